The van der Waals surface area contributed by atoms with E-state index < -0.39 is 6.10 Å². The standard InChI is InChI=1S/C17H25NO3/c1-12(2)10-21-11-14(19)9-18-17(20)16-8-15(16)13-6-4-3-5-7-13/h3-7,12,14-16,19H,8-11H2,1-2H3,(H,18,20). The molecule has 1 aliphatic carbocycles. The monoisotopic (exact) mass is 291 g/mol. The highest BCUT2D eigenvalue weighted by Gasteiger charge is 2.43. The topological polar surface area (TPSA) is 58.6 Å². The van der Waals surface area contributed by atoms with Crippen LogP contribution in [0.2, 0.25) is 0 Å². The lowest BCUT2D eigenvalue weighted by molar-refractivity contribution is -0.123. The Kier molecular flexibility index (Phi) is 5.76. The summed E-state index contributed by atoms with van der Waals surface area (Å²) in [7, 11) is 0. The van der Waals surface area contributed by atoms with Crippen LogP contribution in [0.5, 0.6) is 0 Å². The molecule has 0 aromatic heterocycles. The summed E-state index contributed by atoms with van der Waals surface area (Å²) < 4.78 is 5.35. The Morgan fingerprint density at radius 1 is 1.33 bits per heavy atom. The van der Waals surface area contributed by atoms with Gasteiger partial charge in [0, 0.05) is 19.1 Å². The highest BCUT2D eigenvalue weighted by atomic mass is 16.5. The molecule has 1 saturated carbocycles. The third-order valence-corrected chi connectivity index (χ3v) is 3.63. The van der Waals surface area contributed by atoms with Gasteiger partial charge in [0.15, 0.2) is 0 Å². The molecular formula is C17H25NO3. The van der Waals surface area contributed by atoms with Gasteiger partial charge in [-0.1, -0.05) is 44.2 Å². The van der Waals surface area contributed by atoms with E-state index in [4.69, 9.17) is 4.74 Å². The molecule has 3 unspecified atom stereocenters. The normalized spacial score (nSPS) is 22.1. The number of carbonyl (C=O) groups excluding carboxylic acids is 1. The maximum atomic E-state index is 12.0. The highest BCUT2D eigenvalue weighted by Crippen LogP contribution is 2.47. The van der Waals surface area contributed by atoms with Gasteiger partial charge in [0.25, 0.3) is 0 Å². The van der Waals surface area contributed by atoms with E-state index in [0.717, 1.165) is 6.42 Å². The smallest absolute Gasteiger partial charge is 0.223 e. The third kappa shape index (κ3) is 5.14. The summed E-state index contributed by atoms with van der Waals surface area (Å²) in [4.78, 5) is 12.0. The summed E-state index contributed by atoms with van der Waals surface area (Å²) in [6, 6.07) is 10.1. The summed E-state index contributed by atoms with van der Waals surface area (Å²) >= 11 is 0. The largest absolute Gasteiger partial charge is 0.389 e. The Bertz CT molecular complexity index is 447. The van der Waals surface area contributed by atoms with E-state index >= 15 is 0 Å². The van der Waals surface area contributed by atoms with Crippen LogP contribution in [0.15, 0.2) is 30.3 Å². The number of nitrogens with one attached hydrogen (secondary N) is 1. The van der Waals surface area contributed by atoms with Gasteiger partial charge in [-0.25, -0.2) is 0 Å². The molecule has 0 heterocycles. The summed E-state index contributed by atoms with van der Waals surface area (Å²) in [5.41, 5.74) is 1.22. The minimum absolute atomic E-state index is 0.0340. The lowest BCUT2D eigenvalue weighted by Crippen LogP contribution is -2.35. The van der Waals surface area contributed by atoms with Gasteiger partial charge in [-0.2, -0.15) is 0 Å². The van der Waals surface area contributed by atoms with Crippen LogP contribution in [0.1, 0.15) is 31.7 Å². The molecule has 1 aromatic rings. The molecule has 1 fully saturated rings. The lowest BCUT2D eigenvalue weighted by Gasteiger charge is -2.13. The Balaban J connectivity index is 1.65. The van der Waals surface area contributed by atoms with Crippen molar-refractivity contribution >= 4 is 5.91 Å². The fourth-order valence-corrected chi connectivity index (χ4v) is 2.40. The van der Waals surface area contributed by atoms with E-state index in [0.29, 0.717) is 18.4 Å². The van der Waals surface area contributed by atoms with Gasteiger partial charge in [-0.3, -0.25) is 4.79 Å². The molecule has 4 heteroatoms. The predicted octanol–water partition coefficient (Wildman–Crippen LogP) is 1.94. The quantitative estimate of drug-likeness (QED) is 0.769. The van der Waals surface area contributed by atoms with Crippen LogP contribution in [-0.2, 0) is 9.53 Å². The molecule has 1 aliphatic rings. The van der Waals surface area contributed by atoms with E-state index in [-0.39, 0.29) is 25.0 Å². The Hall–Kier alpha value is -1.39. The number of benzene rings is 1. The van der Waals surface area contributed by atoms with E-state index in [1.165, 1.54) is 5.56 Å². The van der Waals surface area contributed by atoms with Gasteiger partial charge in [-0.05, 0) is 23.8 Å². The zero-order chi connectivity index (χ0) is 15.2. The number of hydrogen-bond donors (Lipinski definition) is 2. The van der Waals surface area contributed by atoms with Gasteiger partial charge in [0.2, 0.25) is 5.91 Å². The number of aliphatic hydroxyl groups is 1. The Labute approximate surface area is 126 Å². The van der Waals surface area contributed by atoms with Crippen LogP contribution in [0, 0.1) is 11.8 Å². The zero-order valence-electron chi connectivity index (χ0n) is 12.8. The summed E-state index contributed by atoms with van der Waals surface area (Å²) in [6.07, 6.45) is 0.261. The third-order valence-electron chi connectivity index (χ3n) is 3.63. The number of aliphatic hydroxyl groups excluding tert-OH is 1. The summed E-state index contributed by atoms with van der Waals surface area (Å²) in [5, 5.41) is 12.6. The molecule has 3 atom stereocenters. The first kappa shape index (κ1) is 16.0. The van der Waals surface area contributed by atoms with Crippen molar-refractivity contribution in [3.8, 4) is 0 Å². The van der Waals surface area contributed by atoms with Crippen molar-refractivity contribution in [2.75, 3.05) is 19.8 Å². The lowest BCUT2D eigenvalue weighted by atomic mass is 10.1. The SMILES string of the molecule is CC(C)COCC(O)CNC(=O)C1CC1c1ccccc1. The number of ether oxygens (including phenoxy) is 1. The van der Waals surface area contributed by atoms with E-state index in [2.05, 4.69) is 31.3 Å². The maximum Gasteiger partial charge on any atom is 0.223 e. The fourth-order valence-electron chi connectivity index (χ4n) is 2.40. The average molecular weight is 291 g/mol. The molecule has 0 radical (unpaired) electrons. The van der Waals surface area contributed by atoms with Crippen LogP contribution in [0.3, 0.4) is 0 Å². The first-order valence-corrected chi connectivity index (χ1v) is 7.66. The van der Waals surface area contributed by atoms with E-state index in [1.54, 1.807) is 0 Å². The number of amides is 1. The van der Waals surface area contributed by atoms with Crippen LogP contribution in [0.4, 0.5) is 0 Å². The second-order valence-electron chi connectivity index (χ2n) is 6.19. The summed E-state index contributed by atoms with van der Waals surface area (Å²) in [5.74, 6) is 0.869. The van der Waals surface area contributed by atoms with Crippen molar-refractivity contribution < 1.29 is 14.6 Å². The molecule has 116 valence electrons. The molecule has 1 amide bonds. The second-order valence-corrected chi connectivity index (χ2v) is 6.19. The summed E-state index contributed by atoms with van der Waals surface area (Å²) in [6.45, 7) is 5.28. The van der Waals surface area contributed by atoms with Gasteiger partial charge in [0.05, 0.1) is 12.7 Å². The minimum Gasteiger partial charge on any atom is -0.389 e. The van der Waals surface area contributed by atoms with Crippen molar-refractivity contribution in [1.82, 2.24) is 5.32 Å². The van der Waals surface area contributed by atoms with Gasteiger partial charge < -0.3 is 15.2 Å². The molecule has 2 rings (SSSR count). The van der Waals surface area contributed by atoms with Crippen molar-refractivity contribution in [2.24, 2.45) is 11.8 Å². The van der Waals surface area contributed by atoms with Crippen LogP contribution in [0.25, 0.3) is 0 Å². The Morgan fingerprint density at radius 3 is 2.71 bits per heavy atom. The average Bonchev–Trinajstić information content (AvgIpc) is 3.26. The zero-order valence-corrected chi connectivity index (χ0v) is 12.8. The molecule has 4 nitrogen and oxygen atoms in total. The first-order chi connectivity index (χ1) is 10.1. The van der Waals surface area contributed by atoms with Crippen LogP contribution in [-0.4, -0.2) is 36.9 Å². The molecule has 0 aliphatic heterocycles. The van der Waals surface area contributed by atoms with Gasteiger partial charge in [0.1, 0.15) is 0 Å². The van der Waals surface area contributed by atoms with E-state index in [9.17, 15) is 9.90 Å². The van der Waals surface area contributed by atoms with E-state index in [1.807, 2.05) is 18.2 Å². The minimum atomic E-state index is -0.637. The number of carbonyl (C=O) groups is 1. The van der Waals surface area contributed by atoms with Gasteiger partial charge >= 0.3 is 0 Å². The number of hydrogen-bond acceptors (Lipinski definition) is 3. The first-order valence-electron chi connectivity index (χ1n) is 7.66. The maximum absolute atomic E-state index is 12.0. The Morgan fingerprint density at radius 2 is 2.05 bits per heavy atom. The molecule has 0 bridgehead atoms. The van der Waals surface area contributed by atoms with Crippen molar-refractivity contribution in [3.05, 3.63) is 35.9 Å². The van der Waals surface area contributed by atoms with Crippen LogP contribution < -0.4 is 5.32 Å². The molecular weight excluding hydrogens is 266 g/mol. The van der Waals surface area contributed by atoms with Crippen molar-refractivity contribution in [3.63, 3.8) is 0 Å². The number of rotatable bonds is 8. The van der Waals surface area contributed by atoms with Crippen LogP contribution >= 0.6 is 0 Å². The molecule has 2 N–H and O–H groups in total. The van der Waals surface area contributed by atoms with Gasteiger partial charge in [-0.15, -0.1) is 0 Å². The van der Waals surface area contributed by atoms with Crippen molar-refractivity contribution in [2.45, 2.75) is 32.3 Å². The molecule has 1 aromatic carbocycles. The highest BCUT2D eigenvalue weighted by molar-refractivity contribution is 5.82. The second kappa shape index (κ2) is 7.57. The molecule has 0 spiro atoms. The molecule has 0 saturated heterocycles. The fraction of sp³-hybridized carbons (Fsp3) is 0.588. The predicted molar refractivity (Wildman–Crippen MR) is 82.0 cm³/mol. The van der Waals surface area contributed by atoms with Crippen molar-refractivity contribution in [1.29, 1.82) is 0 Å². The molecule has 21 heavy (non-hydrogen) atoms.